The number of nitrogens with zero attached hydrogens (tertiary/aromatic N) is 3. The molecule has 1 saturated heterocycles. The van der Waals surface area contributed by atoms with Crippen molar-refractivity contribution in [2.24, 2.45) is 0 Å². The number of likely N-dealkylation sites (tertiary alicyclic amines) is 1. The molecule has 1 unspecified atom stereocenters. The summed E-state index contributed by atoms with van der Waals surface area (Å²) in [6, 6.07) is 9.55. The third kappa shape index (κ3) is 3.04. The quantitative estimate of drug-likeness (QED) is 0.942. The van der Waals surface area contributed by atoms with Gasteiger partial charge < -0.3 is 10.0 Å². The maximum absolute atomic E-state index is 12.7. The van der Waals surface area contributed by atoms with Crippen LogP contribution < -0.4 is 0 Å². The molecule has 1 aromatic carbocycles. The molecule has 1 amide bonds. The molecule has 1 aliphatic heterocycles. The maximum atomic E-state index is 12.7. The van der Waals surface area contributed by atoms with Gasteiger partial charge in [-0.05, 0) is 56.0 Å². The number of carbonyl (C=O) groups excluding carboxylic acids is 1. The van der Waals surface area contributed by atoms with Crippen molar-refractivity contribution in [3.05, 3.63) is 48.3 Å². The SMILES string of the molecule is O=C(c1ccc(-n2cccn2)cc1)N1CCCCC1CCO. The minimum atomic E-state index is 0.0603. The fraction of sp³-hybridized carbons (Fsp3) is 0.412. The van der Waals surface area contributed by atoms with Crippen LogP contribution in [0.1, 0.15) is 36.0 Å². The summed E-state index contributed by atoms with van der Waals surface area (Å²) in [6.07, 6.45) is 7.42. The molecule has 0 aliphatic carbocycles. The summed E-state index contributed by atoms with van der Waals surface area (Å²) in [5.41, 5.74) is 1.63. The smallest absolute Gasteiger partial charge is 0.254 e. The Labute approximate surface area is 130 Å². The Balaban J connectivity index is 1.76. The van der Waals surface area contributed by atoms with Gasteiger partial charge >= 0.3 is 0 Å². The van der Waals surface area contributed by atoms with Gasteiger partial charge in [0, 0.05) is 37.2 Å². The summed E-state index contributed by atoms with van der Waals surface area (Å²) >= 11 is 0. The minimum absolute atomic E-state index is 0.0603. The van der Waals surface area contributed by atoms with E-state index in [9.17, 15) is 9.90 Å². The molecule has 1 atom stereocenters. The lowest BCUT2D eigenvalue weighted by molar-refractivity contribution is 0.0574. The van der Waals surface area contributed by atoms with E-state index in [1.54, 1.807) is 10.9 Å². The van der Waals surface area contributed by atoms with Gasteiger partial charge in [0.2, 0.25) is 0 Å². The molecule has 3 rings (SSSR count). The molecule has 0 spiro atoms. The number of carbonyl (C=O) groups is 1. The fourth-order valence-corrected chi connectivity index (χ4v) is 3.06. The molecule has 5 heteroatoms. The van der Waals surface area contributed by atoms with Crippen LogP contribution in [0.5, 0.6) is 0 Å². The third-order valence-corrected chi connectivity index (χ3v) is 4.23. The molecule has 1 aliphatic rings. The van der Waals surface area contributed by atoms with Gasteiger partial charge in [0.05, 0.1) is 5.69 Å². The Bertz CT molecular complexity index is 605. The highest BCUT2D eigenvalue weighted by Gasteiger charge is 2.26. The average Bonchev–Trinajstić information content (AvgIpc) is 3.10. The van der Waals surface area contributed by atoms with Gasteiger partial charge in [-0.15, -0.1) is 0 Å². The van der Waals surface area contributed by atoms with Crippen LogP contribution in [0.2, 0.25) is 0 Å². The molecule has 1 aromatic heterocycles. The first-order valence-corrected chi connectivity index (χ1v) is 7.81. The monoisotopic (exact) mass is 299 g/mol. The molecular weight excluding hydrogens is 278 g/mol. The fourth-order valence-electron chi connectivity index (χ4n) is 3.06. The van der Waals surface area contributed by atoms with E-state index in [4.69, 9.17) is 0 Å². The second kappa shape index (κ2) is 6.75. The van der Waals surface area contributed by atoms with Crippen LogP contribution in [0.15, 0.2) is 42.7 Å². The second-order valence-corrected chi connectivity index (χ2v) is 5.66. The number of amides is 1. The number of hydrogen-bond acceptors (Lipinski definition) is 3. The lowest BCUT2D eigenvalue weighted by atomic mass is 9.98. The molecule has 116 valence electrons. The van der Waals surface area contributed by atoms with E-state index in [1.165, 1.54) is 0 Å². The zero-order chi connectivity index (χ0) is 15.4. The molecule has 2 heterocycles. The summed E-state index contributed by atoms with van der Waals surface area (Å²) in [5, 5.41) is 13.4. The molecule has 1 N–H and O–H groups in total. The van der Waals surface area contributed by atoms with Gasteiger partial charge in [0.15, 0.2) is 0 Å². The first kappa shape index (κ1) is 14.8. The van der Waals surface area contributed by atoms with Crippen molar-refractivity contribution in [1.82, 2.24) is 14.7 Å². The van der Waals surface area contributed by atoms with Crippen molar-refractivity contribution in [3.8, 4) is 5.69 Å². The van der Waals surface area contributed by atoms with Crippen LogP contribution in [0, 0.1) is 0 Å². The van der Waals surface area contributed by atoms with E-state index in [1.807, 2.05) is 41.4 Å². The number of aliphatic hydroxyl groups excluding tert-OH is 1. The topological polar surface area (TPSA) is 58.4 Å². The summed E-state index contributed by atoms with van der Waals surface area (Å²) in [7, 11) is 0. The molecule has 0 saturated carbocycles. The summed E-state index contributed by atoms with van der Waals surface area (Å²) in [6.45, 7) is 0.914. The Kier molecular flexibility index (Phi) is 4.53. The largest absolute Gasteiger partial charge is 0.396 e. The predicted molar refractivity (Wildman–Crippen MR) is 83.9 cm³/mol. The zero-order valence-electron chi connectivity index (χ0n) is 12.6. The standard InChI is InChI=1S/C17H21N3O2/c21-13-9-15-4-1-2-11-19(15)17(22)14-5-7-16(8-6-14)20-12-3-10-18-20/h3,5-8,10,12,15,21H,1-2,4,9,11,13H2. The first-order valence-electron chi connectivity index (χ1n) is 7.81. The van der Waals surface area contributed by atoms with E-state index >= 15 is 0 Å². The Morgan fingerprint density at radius 2 is 2.09 bits per heavy atom. The normalized spacial score (nSPS) is 18.4. The van der Waals surface area contributed by atoms with Gasteiger partial charge in [-0.25, -0.2) is 4.68 Å². The lowest BCUT2D eigenvalue weighted by Crippen LogP contribution is -2.44. The van der Waals surface area contributed by atoms with Crippen molar-refractivity contribution >= 4 is 5.91 Å². The molecule has 22 heavy (non-hydrogen) atoms. The van der Waals surface area contributed by atoms with Gasteiger partial charge in [0.25, 0.3) is 5.91 Å². The molecule has 0 radical (unpaired) electrons. The molecule has 2 aromatic rings. The Morgan fingerprint density at radius 3 is 2.77 bits per heavy atom. The van der Waals surface area contributed by atoms with Crippen LogP contribution >= 0.6 is 0 Å². The van der Waals surface area contributed by atoms with Crippen molar-refractivity contribution in [2.75, 3.05) is 13.2 Å². The van der Waals surface area contributed by atoms with Crippen LogP contribution in [-0.4, -0.2) is 44.9 Å². The summed E-state index contributed by atoms with van der Waals surface area (Å²) in [5.74, 6) is 0.0603. The van der Waals surface area contributed by atoms with Crippen LogP contribution in [0.25, 0.3) is 5.69 Å². The Hall–Kier alpha value is -2.14. The predicted octanol–water partition coefficient (Wildman–Crippen LogP) is 2.25. The van der Waals surface area contributed by atoms with E-state index < -0.39 is 0 Å². The summed E-state index contributed by atoms with van der Waals surface area (Å²) in [4.78, 5) is 14.6. The van der Waals surface area contributed by atoms with Crippen molar-refractivity contribution in [2.45, 2.75) is 31.7 Å². The average molecular weight is 299 g/mol. The van der Waals surface area contributed by atoms with Gasteiger partial charge in [0.1, 0.15) is 0 Å². The van der Waals surface area contributed by atoms with Gasteiger partial charge in [-0.1, -0.05) is 0 Å². The molecular formula is C17H21N3O2. The highest BCUT2D eigenvalue weighted by molar-refractivity contribution is 5.94. The molecule has 5 nitrogen and oxygen atoms in total. The number of rotatable bonds is 4. The van der Waals surface area contributed by atoms with Gasteiger partial charge in [-0.3, -0.25) is 4.79 Å². The van der Waals surface area contributed by atoms with Crippen LogP contribution in [0.3, 0.4) is 0 Å². The highest BCUT2D eigenvalue weighted by Crippen LogP contribution is 2.22. The number of piperidine rings is 1. The number of aromatic nitrogens is 2. The number of aliphatic hydroxyl groups is 1. The Morgan fingerprint density at radius 1 is 1.27 bits per heavy atom. The lowest BCUT2D eigenvalue weighted by Gasteiger charge is -2.35. The third-order valence-electron chi connectivity index (χ3n) is 4.23. The summed E-state index contributed by atoms with van der Waals surface area (Å²) < 4.78 is 1.77. The minimum Gasteiger partial charge on any atom is -0.396 e. The first-order chi connectivity index (χ1) is 10.8. The second-order valence-electron chi connectivity index (χ2n) is 5.66. The van der Waals surface area contributed by atoms with Crippen molar-refractivity contribution in [1.29, 1.82) is 0 Å². The zero-order valence-corrected chi connectivity index (χ0v) is 12.6. The van der Waals surface area contributed by atoms with E-state index in [2.05, 4.69) is 5.10 Å². The van der Waals surface area contributed by atoms with E-state index in [0.29, 0.717) is 12.0 Å². The number of hydrogen-bond donors (Lipinski definition) is 1. The molecule has 1 fully saturated rings. The highest BCUT2D eigenvalue weighted by atomic mass is 16.3. The molecule has 0 bridgehead atoms. The van der Waals surface area contributed by atoms with E-state index in [-0.39, 0.29) is 18.6 Å². The van der Waals surface area contributed by atoms with E-state index in [0.717, 1.165) is 31.5 Å². The van der Waals surface area contributed by atoms with Crippen molar-refractivity contribution in [3.63, 3.8) is 0 Å². The van der Waals surface area contributed by atoms with Crippen molar-refractivity contribution < 1.29 is 9.90 Å². The van der Waals surface area contributed by atoms with Crippen LogP contribution in [0.4, 0.5) is 0 Å². The number of benzene rings is 1. The maximum Gasteiger partial charge on any atom is 0.254 e. The van der Waals surface area contributed by atoms with Gasteiger partial charge in [-0.2, -0.15) is 5.10 Å². The van der Waals surface area contributed by atoms with Crippen LogP contribution in [-0.2, 0) is 0 Å².